The van der Waals surface area contributed by atoms with E-state index >= 15 is 0 Å². The molecule has 0 atom stereocenters. The molecule has 2 aromatic rings. The summed E-state index contributed by atoms with van der Waals surface area (Å²) in [6.07, 6.45) is 0. The molecule has 0 spiro atoms. The monoisotopic (exact) mass is 464 g/mol. The van der Waals surface area contributed by atoms with E-state index < -0.39 is 27.0 Å². The molecule has 0 fully saturated rings. The second-order valence-corrected chi connectivity index (χ2v) is 8.14. The van der Waals surface area contributed by atoms with Crippen LogP contribution in [0.15, 0.2) is 59.5 Å². The van der Waals surface area contributed by atoms with Gasteiger partial charge in [-0.15, -0.1) is 0 Å². The van der Waals surface area contributed by atoms with Crippen LogP contribution in [0.25, 0.3) is 10.8 Å². The third-order valence-electron chi connectivity index (χ3n) is 4.03. The van der Waals surface area contributed by atoms with E-state index in [2.05, 4.69) is 13.2 Å². The summed E-state index contributed by atoms with van der Waals surface area (Å²) in [6, 6.07) is 7.75. The van der Waals surface area contributed by atoms with E-state index in [0.29, 0.717) is 10.8 Å². The SMILES string of the molecule is C=C(C)C(=O)OCCOc1cc(S(=O)(=O)O)c(OCCOC(=O)C(=C)C)c2ccccc12. The van der Waals surface area contributed by atoms with Gasteiger partial charge >= 0.3 is 11.9 Å². The van der Waals surface area contributed by atoms with Crippen molar-refractivity contribution in [3.8, 4) is 11.5 Å². The van der Waals surface area contributed by atoms with E-state index in [-0.39, 0.29) is 49.1 Å². The highest BCUT2D eigenvalue weighted by Gasteiger charge is 2.23. The first-order chi connectivity index (χ1) is 15.0. The van der Waals surface area contributed by atoms with Crippen molar-refractivity contribution in [3.63, 3.8) is 0 Å². The number of carbonyl (C=O) groups excluding carboxylic acids is 2. The van der Waals surface area contributed by atoms with Crippen molar-refractivity contribution in [3.05, 3.63) is 54.6 Å². The number of carbonyl (C=O) groups is 2. The first-order valence-corrected chi connectivity index (χ1v) is 10.9. The Kier molecular flexibility index (Phi) is 8.39. The second-order valence-electron chi connectivity index (χ2n) is 6.75. The second kappa shape index (κ2) is 10.8. The molecule has 0 aliphatic heterocycles. The number of fused-ring (bicyclic) bond motifs is 1. The molecule has 2 aromatic carbocycles. The fourth-order valence-corrected chi connectivity index (χ4v) is 3.22. The van der Waals surface area contributed by atoms with Crippen molar-refractivity contribution >= 4 is 32.8 Å². The zero-order chi connectivity index (χ0) is 23.9. The third kappa shape index (κ3) is 6.56. The Bertz CT molecular complexity index is 1150. The standard InChI is InChI=1S/C22H24O9S/c1-14(2)21(23)30-11-9-28-18-13-19(32(25,26)27)20(17-8-6-5-7-16(17)18)29-10-12-31-22(24)15(3)4/h5-8,13H,1,3,9-12H2,2,4H3,(H,25,26,27). The predicted octanol–water partition coefficient (Wildman–Crippen LogP) is 3.08. The van der Waals surface area contributed by atoms with E-state index in [9.17, 15) is 22.6 Å². The highest BCUT2D eigenvalue weighted by atomic mass is 32.2. The Morgan fingerprint density at radius 3 is 1.88 bits per heavy atom. The van der Waals surface area contributed by atoms with Crippen molar-refractivity contribution in [2.45, 2.75) is 18.7 Å². The van der Waals surface area contributed by atoms with Gasteiger partial charge in [-0.25, -0.2) is 9.59 Å². The van der Waals surface area contributed by atoms with Crippen molar-refractivity contribution in [1.29, 1.82) is 0 Å². The van der Waals surface area contributed by atoms with Crippen LogP contribution in [0.5, 0.6) is 11.5 Å². The van der Waals surface area contributed by atoms with Gasteiger partial charge in [-0.1, -0.05) is 37.4 Å². The van der Waals surface area contributed by atoms with E-state index in [0.717, 1.165) is 6.07 Å². The van der Waals surface area contributed by atoms with Crippen LogP contribution in [0.4, 0.5) is 0 Å². The topological polar surface area (TPSA) is 125 Å². The van der Waals surface area contributed by atoms with Crippen LogP contribution in [0.2, 0.25) is 0 Å². The molecule has 172 valence electrons. The molecule has 0 heterocycles. The lowest BCUT2D eigenvalue weighted by Crippen LogP contribution is -2.15. The molecule has 32 heavy (non-hydrogen) atoms. The van der Waals surface area contributed by atoms with Gasteiger partial charge in [0.15, 0.2) is 0 Å². The Hall–Kier alpha value is -3.37. The molecule has 0 saturated heterocycles. The number of hydrogen-bond donors (Lipinski definition) is 1. The molecule has 10 heteroatoms. The predicted molar refractivity (Wildman–Crippen MR) is 116 cm³/mol. The maximum atomic E-state index is 12.0. The summed E-state index contributed by atoms with van der Waals surface area (Å²) in [5.41, 5.74) is 0.448. The number of ether oxygens (including phenoxy) is 4. The molecule has 1 N–H and O–H groups in total. The first kappa shape index (κ1) is 24.9. The van der Waals surface area contributed by atoms with Crippen LogP contribution in [0, 0.1) is 0 Å². The fourth-order valence-electron chi connectivity index (χ4n) is 2.56. The molecule has 9 nitrogen and oxygen atoms in total. The molecule has 0 aliphatic rings. The molecular weight excluding hydrogens is 440 g/mol. The number of benzene rings is 2. The molecule has 0 unspecified atom stereocenters. The van der Waals surface area contributed by atoms with Crippen LogP contribution in [-0.4, -0.2) is 51.3 Å². The van der Waals surface area contributed by atoms with Gasteiger partial charge in [0.2, 0.25) is 0 Å². The smallest absolute Gasteiger partial charge is 0.333 e. The average molecular weight is 464 g/mol. The minimum atomic E-state index is -4.69. The van der Waals surface area contributed by atoms with Crippen molar-refractivity contribution in [2.75, 3.05) is 26.4 Å². The number of esters is 2. The van der Waals surface area contributed by atoms with Gasteiger partial charge < -0.3 is 18.9 Å². The van der Waals surface area contributed by atoms with E-state index in [1.807, 2.05) is 0 Å². The Morgan fingerprint density at radius 2 is 1.38 bits per heavy atom. The van der Waals surface area contributed by atoms with Crippen LogP contribution in [-0.2, 0) is 29.2 Å². The van der Waals surface area contributed by atoms with Gasteiger partial charge in [-0.2, -0.15) is 8.42 Å². The highest BCUT2D eigenvalue weighted by Crippen LogP contribution is 2.39. The van der Waals surface area contributed by atoms with Gasteiger partial charge in [-0.05, 0) is 13.8 Å². The Morgan fingerprint density at radius 1 is 0.875 bits per heavy atom. The molecule has 0 amide bonds. The maximum Gasteiger partial charge on any atom is 0.333 e. The lowest BCUT2D eigenvalue weighted by Gasteiger charge is -2.17. The summed E-state index contributed by atoms with van der Waals surface area (Å²) in [5, 5.41) is 0.850. The molecule has 0 radical (unpaired) electrons. The third-order valence-corrected chi connectivity index (χ3v) is 4.89. The Labute approximate surface area is 186 Å². The lowest BCUT2D eigenvalue weighted by atomic mass is 10.1. The number of hydrogen-bond acceptors (Lipinski definition) is 8. The molecular formula is C22H24O9S. The van der Waals surface area contributed by atoms with Crippen LogP contribution < -0.4 is 9.47 Å². The summed E-state index contributed by atoms with van der Waals surface area (Å²) < 4.78 is 54.8. The van der Waals surface area contributed by atoms with Gasteiger partial charge in [0.05, 0.1) is 0 Å². The molecule has 0 aliphatic carbocycles. The fraction of sp³-hybridized carbons (Fsp3) is 0.273. The van der Waals surface area contributed by atoms with Gasteiger partial charge in [0.25, 0.3) is 10.1 Å². The summed E-state index contributed by atoms with van der Waals surface area (Å²) in [5.74, 6) is -1.16. The molecule has 0 aromatic heterocycles. The van der Waals surface area contributed by atoms with E-state index in [1.54, 1.807) is 24.3 Å². The maximum absolute atomic E-state index is 12.0. The summed E-state index contributed by atoms with van der Waals surface area (Å²) in [7, 11) is -4.69. The highest BCUT2D eigenvalue weighted by molar-refractivity contribution is 7.86. The van der Waals surface area contributed by atoms with Crippen LogP contribution in [0.3, 0.4) is 0 Å². The minimum Gasteiger partial charge on any atom is -0.489 e. The largest absolute Gasteiger partial charge is 0.489 e. The van der Waals surface area contributed by atoms with Crippen molar-refractivity contribution in [2.24, 2.45) is 0 Å². The molecule has 0 saturated carbocycles. The zero-order valence-corrected chi connectivity index (χ0v) is 18.6. The number of rotatable bonds is 11. The van der Waals surface area contributed by atoms with Crippen LogP contribution in [0.1, 0.15) is 13.8 Å². The summed E-state index contributed by atoms with van der Waals surface area (Å²) in [6.45, 7) is 9.46. The van der Waals surface area contributed by atoms with Crippen LogP contribution >= 0.6 is 0 Å². The molecule has 0 bridgehead atoms. The minimum absolute atomic E-state index is 0.0645. The van der Waals surface area contributed by atoms with E-state index in [4.69, 9.17) is 18.9 Å². The van der Waals surface area contributed by atoms with Crippen molar-refractivity contribution in [1.82, 2.24) is 0 Å². The average Bonchev–Trinajstić information content (AvgIpc) is 2.73. The lowest BCUT2D eigenvalue weighted by molar-refractivity contribution is -0.140. The normalized spacial score (nSPS) is 11.0. The summed E-state index contributed by atoms with van der Waals surface area (Å²) in [4.78, 5) is 22.4. The zero-order valence-electron chi connectivity index (χ0n) is 17.8. The van der Waals surface area contributed by atoms with E-state index in [1.165, 1.54) is 13.8 Å². The molecule has 2 rings (SSSR count). The quantitative estimate of drug-likeness (QED) is 0.231. The van der Waals surface area contributed by atoms with Gasteiger partial charge in [-0.3, -0.25) is 4.55 Å². The first-order valence-electron chi connectivity index (χ1n) is 9.46. The van der Waals surface area contributed by atoms with Crippen molar-refractivity contribution < 1.29 is 41.5 Å². The van der Waals surface area contributed by atoms with Gasteiger partial charge in [0.1, 0.15) is 42.8 Å². The summed E-state index contributed by atoms with van der Waals surface area (Å²) >= 11 is 0. The Balaban J connectivity index is 2.29. The van der Waals surface area contributed by atoms with Gasteiger partial charge in [0, 0.05) is 28.0 Å².